The third kappa shape index (κ3) is 5.25. The van der Waals surface area contributed by atoms with Crippen LogP contribution in [0.4, 0.5) is 11.5 Å². The predicted octanol–water partition coefficient (Wildman–Crippen LogP) is 3.71. The van der Waals surface area contributed by atoms with Gasteiger partial charge in [-0.3, -0.25) is 9.52 Å². The van der Waals surface area contributed by atoms with E-state index in [4.69, 9.17) is 14.2 Å². The normalized spacial score (nSPS) is 11.1. The molecule has 35 heavy (non-hydrogen) atoms. The number of carbonyl (C=O) groups excluding carboxylic acids is 1. The van der Waals surface area contributed by atoms with Crippen LogP contribution in [-0.2, 0) is 10.0 Å². The zero-order chi connectivity index (χ0) is 25.0. The molecule has 0 fully saturated rings. The molecule has 3 aromatic carbocycles. The molecule has 4 aromatic rings. The van der Waals surface area contributed by atoms with Gasteiger partial charge >= 0.3 is 6.01 Å². The van der Waals surface area contributed by atoms with Gasteiger partial charge in [0.05, 0.1) is 31.8 Å². The van der Waals surface area contributed by atoms with Crippen LogP contribution in [-0.4, -0.2) is 45.6 Å². The van der Waals surface area contributed by atoms with Crippen molar-refractivity contribution < 1.29 is 27.4 Å². The summed E-state index contributed by atoms with van der Waals surface area (Å²) in [4.78, 5) is 20.8. The van der Waals surface area contributed by atoms with Gasteiger partial charge in [-0.2, -0.15) is 9.97 Å². The quantitative estimate of drug-likeness (QED) is 0.379. The first-order valence-corrected chi connectivity index (χ1v) is 11.8. The lowest BCUT2D eigenvalue weighted by molar-refractivity contribution is 0.102. The fourth-order valence-corrected chi connectivity index (χ4v) is 4.32. The molecule has 0 aliphatic carbocycles. The van der Waals surface area contributed by atoms with Crippen molar-refractivity contribution in [1.29, 1.82) is 0 Å². The van der Waals surface area contributed by atoms with Crippen LogP contribution < -0.4 is 24.2 Å². The van der Waals surface area contributed by atoms with Crippen LogP contribution in [0.5, 0.6) is 17.6 Å². The average molecular weight is 495 g/mol. The zero-order valence-corrected chi connectivity index (χ0v) is 19.9. The molecule has 0 aliphatic rings. The van der Waals surface area contributed by atoms with Crippen LogP contribution in [0.1, 0.15) is 10.4 Å². The summed E-state index contributed by atoms with van der Waals surface area (Å²) in [5.41, 5.74) is 0.769. The number of amides is 1. The minimum absolute atomic E-state index is 0.0190. The SMILES string of the molecule is COc1cc(NS(=O)(=O)c2ccc(NC(=O)c3cc4ccccc4cc3OC)cc2)nc(OC)n1. The molecule has 0 radical (unpaired) electrons. The van der Waals surface area contributed by atoms with E-state index >= 15 is 0 Å². The number of nitrogens with one attached hydrogen (secondary N) is 2. The van der Waals surface area contributed by atoms with Crippen molar-refractivity contribution in [2.45, 2.75) is 4.90 Å². The number of hydrogen-bond donors (Lipinski definition) is 2. The highest BCUT2D eigenvalue weighted by molar-refractivity contribution is 7.92. The number of ether oxygens (including phenoxy) is 3. The van der Waals surface area contributed by atoms with Crippen molar-refractivity contribution in [2.75, 3.05) is 31.4 Å². The van der Waals surface area contributed by atoms with Crippen LogP contribution in [0.15, 0.2) is 71.6 Å². The summed E-state index contributed by atoms with van der Waals surface area (Å²) in [7, 11) is 0.261. The van der Waals surface area contributed by atoms with E-state index in [1.54, 1.807) is 12.1 Å². The molecule has 0 saturated carbocycles. The van der Waals surface area contributed by atoms with Crippen LogP contribution in [0.3, 0.4) is 0 Å². The van der Waals surface area contributed by atoms with Crippen LogP contribution >= 0.6 is 0 Å². The first-order chi connectivity index (χ1) is 16.8. The second-order valence-electron chi connectivity index (χ2n) is 7.27. The Morgan fingerprint density at radius 2 is 1.51 bits per heavy atom. The Kier molecular flexibility index (Phi) is 6.69. The minimum atomic E-state index is -3.98. The molecule has 11 heteroatoms. The second-order valence-corrected chi connectivity index (χ2v) is 8.95. The smallest absolute Gasteiger partial charge is 0.321 e. The highest BCUT2D eigenvalue weighted by Gasteiger charge is 2.18. The molecule has 1 aromatic heterocycles. The fraction of sp³-hybridized carbons (Fsp3) is 0.125. The van der Waals surface area contributed by atoms with Gasteiger partial charge in [-0.05, 0) is 47.2 Å². The molecule has 180 valence electrons. The molecule has 0 aliphatic heterocycles. The molecule has 0 spiro atoms. The van der Waals surface area contributed by atoms with Crippen molar-refractivity contribution in [2.24, 2.45) is 0 Å². The number of rotatable bonds is 8. The van der Waals surface area contributed by atoms with Gasteiger partial charge in [-0.25, -0.2) is 8.42 Å². The lowest BCUT2D eigenvalue weighted by Gasteiger charge is -2.12. The summed E-state index contributed by atoms with van der Waals surface area (Å²) in [5, 5.41) is 4.61. The number of sulfonamides is 1. The second kappa shape index (κ2) is 9.85. The van der Waals surface area contributed by atoms with Gasteiger partial charge < -0.3 is 19.5 Å². The molecule has 0 bridgehead atoms. The maximum absolute atomic E-state index is 12.9. The molecule has 10 nitrogen and oxygen atoms in total. The minimum Gasteiger partial charge on any atom is -0.496 e. The van der Waals surface area contributed by atoms with E-state index in [0.29, 0.717) is 17.0 Å². The highest BCUT2D eigenvalue weighted by atomic mass is 32.2. The first kappa shape index (κ1) is 23.8. The number of nitrogens with zero attached hydrogens (tertiary/aromatic N) is 2. The van der Waals surface area contributed by atoms with Gasteiger partial charge in [-0.1, -0.05) is 24.3 Å². The summed E-state index contributed by atoms with van der Waals surface area (Å²) < 4.78 is 43.4. The Hall–Kier alpha value is -4.38. The molecule has 2 N–H and O–H groups in total. The largest absolute Gasteiger partial charge is 0.496 e. The number of anilines is 2. The number of hydrogen-bond acceptors (Lipinski definition) is 8. The van der Waals surface area contributed by atoms with Gasteiger partial charge in [0.1, 0.15) is 5.75 Å². The summed E-state index contributed by atoms with van der Waals surface area (Å²) >= 11 is 0. The summed E-state index contributed by atoms with van der Waals surface area (Å²) in [6, 6.07) is 18.1. The lowest BCUT2D eigenvalue weighted by atomic mass is 10.1. The van der Waals surface area contributed by atoms with Crippen molar-refractivity contribution >= 4 is 38.2 Å². The van der Waals surface area contributed by atoms with E-state index in [-0.39, 0.29) is 28.5 Å². The molecule has 1 heterocycles. The topological polar surface area (TPSA) is 129 Å². The van der Waals surface area contributed by atoms with Gasteiger partial charge in [0.25, 0.3) is 15.9 Å². The van der Waals surface area contributed by atoms with Crippen LogP contribution in [0.2, 0.25) is 0 Å². The Labute approximate surface area is 201 Å². The van der Waals surface area contributed by atoms with Gasteiger partial charge in [-0.15, -0.1) is 0 Å². The van der Waals surface area contributed by atoms with E-state index in [1.165, 1.54) is 51.7 Å². The molecule has 4 rings (SSSR count). The van der Waals surface area contributed by atoms with E-state index < -0.39 is 10.0 Å². The standard InChI is InChI=1S/C24H22N4O6S/c1-32-20-13-16-7-5-4-6-15(16)12-19(20)23(29)25-17-8-10-18(11-9-17)35(30,31)28-21-14-22(33-2)27-24(26-21)34-3/h4-14H,1-3H3,(H,25,29)(H,26,27,28). The zero-order valence-electron chi connectivity index (χ0n) is 19.1. The maximum Gasteiger partial charge on any atom is 0.321 e. The van der Waals surface area contributed by atoms with E-state index in [9.17, 15) is 13.2 Å². The monoisotopic (exact) mass is 494 g/mol. The van der Waals surface area contributed by atoms with Gasteiger partial charge in [0.15, 0.2) is 5.82 Å². The fourth-order valence-electron chi connectivity index (χ4n) is 3.33. The van der Waals surface area contributed by atoms with Crippen molar-refractivity contribution in [3.8, 4) is 17.6 Å². The van der Waals surface area contributed by atoms with Crippen LogP contribution in [0, 0.1) is 0 Å². The Balaban J connectivity index is 1.53. The number of carbonyl (C=O) groups is 1. The third-order valence-corrected chi connectivity index (χ3v) is 6.42. The number of fused-ring (bicyclic) bond motifs is 1. The third-order valence-electron chi connectivity index (χ3n) is 5.05. The number of aromatic nitrogens is 2. The van der Waals surface area contributed by atoms with Crippen molar-refractivity contribution in [1.82, 2.24) is 9.97 Å². The van der Waals surface area contributed by atoms with Gasteiger partial charge in [0, 0.05) is 11.8 Å². The molecule has 1 amide bonds. The highest BCUT2D eigenvalue weighted by Crippen LogP contribution is 2.27. The summed E-state index contributed by atoms with van der Waals surface area (Å²) in [6.07, 6.45) is 0. The molecule has 0 unspecified atom stereocenters. The predicted molar refractivity (Wildman–Crippen MR) is 131 cm³/mol. The number of methoxy groups -OCH3 is 3. The van der Waals surface area contributed by atoms with Crippen molar-refractivity contribution in [3.05, 3.63) is 72.3 Å². The maximum atomic E-state index is 12.9. The van der Waals surface area contributed by atoms with E-state index in [2.05, 4.69) is 20.0 Å². The Bertz CT molecular complexity index is 1470. The first-order valence-electron chi connectivity index (χ1n) is 10.3. The van der Waals surface area contributed by atoms with E-state index in [0.717, 1.165) is 10.8 Å². The Morgan fingerprint density at radius 3 is 2.14 bits per heavy atom. The van der Waals surface area contributed by atoms with E-state index in [1.807, 2.05) is 24.3 Å². The molecule has 0 atom stereocenters. The van der Waals surface area contributed by atoms with Crippen LogP contribution in [0.25, 0.3) is 10.8 Å². The molecular weight excluding hydrogens is 472 g/mol. The average Bonchev–Trinajstić information content (AvgIpc) is 2.87. The summed E-state index contributed by atoms with van der Waals surface area (Å²) in [6.45, 7) is 0. The Morgan fingerprint density at radius 1 is 0.829 bits per heavy atom. The number of benzene rings is 3. The van der Waals surface area contributed by atoms with Crippen molar-refractivity contribution in [3.63, 3.8) is 0 Å². The molecule has 0 saturated heterocycles. The van der Waals surface area contributed by atoms with Gasteiger partial charge in [0.2, 0.25) is 5.88 Å². The summed E-state index contributed by atoms with van der Waals surface area (Å²) in [5.74, 6) is 0.160. The lowest BCUT2D eigenvalue weighted by Crippen LogP contribution is -2.15. The molecular formula is C24H22N4O6S.